The van der Waals surface area contributed by atoms with E-state index in [0.29, 0.717) is 0 Å². The number of halogens is 3. The van der Waals surface area contributed by atoms with Gasteiger partial charge in [-0.2, -0.15) is 0 Å². The van der Waals surface area contributed by atoms with Gasteiger partial charge in [-0.3, -0.25) is 4.79 Å². The van der Waals surface area contributed by atoms with Gasteiger partial charge in [0.15, 0.2) is 5.76 Å². The molecule has 1 aromatic heterocycles. The monoisotopic (exact) mass is 373 g/mol. The van der Waals surface area contributed by atoms with E-state index in [9.17, 15) is 22.8 Å². The van der Waals surface area contributed by atoms with E-state index in [-0.39, 0.29) is 34.1 Å². The summed E-state index contributed by atoms with van der Waals surface area (Å²) < 4.78 is 43.4. The largest absolute Gasteiger partial charge is 0.478 e. The van der Waals surface area contributed by atoms with E-state index in [1.54, 1.807) is 6.92 Å². The van der Waals surface area contributed by atoms with Crippen LogP contribution in [0.4, 0.5) is 18.9 Å². The summed E-state index contributed by atoms with van der Waals surface area (Å²) in [5.74, 6) is -3.34. The number of nitrogens with one attached hydrogen (secondary N) is 1. The Hall–Kier alpha value is -2.42. The first-order chi connectivity index (χ1) is 11.8. The summed E-state index contributed by atoms with van der Waals surface area (Å²) in [6.45, 7) is 1.67. The molecule has 0 bridgehead atoms. The lowest BCUT2D eigenvalue weighted by Gasteiger charge is -2.10. The quantitative estimate of drug-likeness (QED) is 0.708. The van der Waals surface area contributed by atoms with E-state index in [1.807, 2.05) is 0 Å². The maximum atomic E-state index is 13.4. The Kier molecular flexibility index (Phi) is 6.13. The van der Waals surface area contributed by atoms with Gasteiger partial charge >= 0.3 is 5.97 Å². The average molecular weight is 373 g/mol. The van der Waals surface area contributed by atoms with Crippen molar-refractivity contribution in [3.63, 3.8) is 0 Å². The van der Waals surface area contributed by atoms with Gasteiger partial charge in [0.25, 0.3) is 5.91 Å². The van der Waals surface area contributed by atoms with Gasteiger partial charge in [-0.15, -0.1) is 11.8 Å². The van der Waals surface area contributed by atoms with E-state index in [0.717, 1.165) is 30.0 Å². The molecule has 2 N–H and O–H groups in total. The van der Waals surface area contributed by atoms with Crippen LogP contribution < -0.4 is 5.32 Å². The van der Waals surface area contributed by atoms with Gasteiger partial charge in [-0.25, -0.2) is 18.0 Å². The van der Waals surface area contributed by atoms with Crippen LogP contribution in [0.2, 0.25) is 0 Å². The van der Waals surface area contributed by atoms with Gasteiger partial charge < -0.3 is 14.8 Å². The number of carbonyl (C=O) groups is 2. The number of carbonyl (C=O) groups excluding carboxylic acids is 1. The van der Waals surface area contributed by atoms with E-state index >= 15 is 0 Å². The first-order valence-corrected chi connectivity index (χ1v) is 8.18. The number of aryl methyl sites for hydroxylation is 1. The SMILES string of the molecule is CCc1oc(C(=O)Nc2cc(F)ccc2SCC(F)F)cc1C(=O)O. The van der Waals surface area contributed by atoms with Gasteiger partial charge in [-0.05, 0) is 18.2 Å². The van der Waals surface area contributed by atoms with Crippen LogP contribution in [0.5, 0.6) is 0 Å². The standard InChI is InChI=1S/C16H14F3NO4S/c1-2-11-9(16(22)23)6-12(24-11)15(21)20-10-5-8(17)3-4-13(10)25-7-14(18)19/h3-6,14H,2,7H2,1H3,(H,20,21)(H,22,23). The Labute approximate surface area is 145 Å². The zero-order chi connectivity index (χ0) is 18.6. The second-order valence-corrected chi connectivity index (χ2v) is 5.96. The molecule has 0 spiro atoms. The third-order valence-electron chi connectivity index (χ3n) is 3.14. The molecule has 0 aliphatic heterocycles. The number of hydrogen-bond donors (Lipinski definition) is 2. The topological polar surface area (TPSA) is 79.5 Å². The van der Waals surface area contributed by atoms with Crippen molar-refractivity contribution in [1.29, 1.82) is 0 Å². The molecule has 1 amide bonds. The van der Waals surface area contributed by atoms with Crippen LogP contribution in [0.3, 0.4) is 0 Å². The predicted octanol–water partition coefficient (Wildman–Crippen LogP) is 4.29. The minimum Gasteiger partial charge on any atom is -0.478 e. The summed E-state index contributed by atoms with van der Waals surface area (Å²) in [5.41, 5.74) is -0.138. The zero-order valence-electron chi connectivity index (χ0n) is 13.0. The second-order valence-electron chi connectivity index (χ2n) is 4.90. The molecule has 0 aliphatic rings. The molecule has 0 unspecified atom stereocenters. The summed E-state index contributed by atoms with van der Waals surface area (Å²) in [6.07, 6.45) is -2.29. The van der Waals surface area contributed by atoms with Crippen molar-refractivity contribution in [2.45, 2.75) is 24.7 Å². The number of benzene rings is 1. The van der Waals surface area contributed by atoms with Gasteiger partial charge in [0.05, 0.1) is 11.4 Å². The second kappa shape index (κ2) is 8.11. The summed E-state index contributed by atoms with van der Waals surface area (Å²) in [4.78, 5) is 23.6. The smallest absolute Gasteiger partial charge is 0.339 e. The summed E-state index contributed by atoms with van der Waals surface area (Å²) in [7, 11) is 0. The number of rotatable bonds is 7. The fourth-order valence-corrected chi connectivity index (χ4v) is 2.78. The van der Waals surface area contributed by atoms with E-state index in [1.165, 1.54) is 6.07 Å². The Bertz CT molecular complexity index is 792. The van der Waals surface area contributed by atoms with Crippen molar-refractivity contribution in [2.24, 2.45) is 0 Å². The molecule has 1 heterocycles. The minimum absolute atomic E-state index is 0.00183. The first-order valence-electron chi connectivity index (χ1n) is 7.19. The molecule has 134 valence electrons. The van der Waals surface area contributed by atoms with E-state index in [4.69, 9.17) is 9.52 Å². The molecule has 9 heteroatoms. The lowest BCUT2D eigenvalue weighted by Crippen LogP contribution is -2.12. The molecule has 0 saturated carbocycles. The highest BCUT2D eigenvalue weighted by molar-refractivity contribution is 7.99. The lowest BCUT2D eigenvalue weighted by molar-refractivity contribution is 0.0694. The Morgan fingerprint density at radius 2 is 2.04 bits per heavy atom. The fraction of sp³-hybridized carbons (Fsp3) is 0.250. The molecule has 0 aliphatic carbocycles. The van der Waals surface area contributed by atoms with Gasteiger partial charge in [0.2, 0.25) is 6.43 Å². The molecule has 5 nitrogen and oxygen atoms in total. The number of thioether (sulfide) groups is 1. The van der Waals surface area contributed by atoms with E-state index < -0.39 is 29.9 Å². The van der Waals surface area contributed by atoms with E-state index in [2.05, 4.69) is 5.32 Å². The Morgan fingerprint density at radius 3 is 2.60 bits per heavy atom. The normalized spacial score (nSPS) is 10.9. The molecular weight excluding hydrogens is 359 g/mol. The van der Waals surface area contributed by atoms with Crippen LogP contribution >= 0.6 is 11.8 Å². The Morgan fingerprint density at radius 1 is 1.32 bits per heavy atom. The summed E-state index contributed by atoms with van der Waals surface area (Å²) >= 11 is 0.763. The molecule has 0 atom stereocenters. The van der Waals surface area contributed by atoms with Crippen LogP contribution in [-0.4, -0.2) is 29.2 Å². The number of aromatic carboxylic acids is 1. The van der Waals surface area contributed by atoms with Crippen molar-refractivity contribution < 1.29 is 32.3 Å². The van der Waals surface area contributed by atoms with Crippen LogP contribution in [0.1, 0.15) is 33.6 Å². The van der Waals surface area contributed by atoms with Crippen LogP contribution in [-0.2, 0) is 6.42 Å². The van der Waals surface area contributed by atoms with Crippen LogP contribution in [0.25, 0.3) is 0 Å². The highest BCUT2D eigenvalue weighted by atomic mass is 32.2. The van der Waals surface area contributed by atoms with Crippen molar-refractivity contribution >= 4 is 29.3 Å². The number of alkyl halides is 2. The predicted molar refractivity (Wildman–Crippen MR) is 86.1 cm³/mol. The average Bonchev–Trinajstić information content (AvgIpc) is 2.98. The van der Waals surface area contributed by atoms with Crippen molar-refractivity contribution in [3.05, 3.63) is 47.2 Å². The number of amides is 1. The number of carboxylic acid groups (broad SMARTS) is 1. The fourth-order valence-electron chi connectivity index (χ4n) is 2.05. The maximum absolute atomic E-state index is 13.4. The van der Waals surface area contributed by atoms with Gasteiger partial charge in [0.1, 0.15) is 17.1 Å². The highest BCUT2D eigenvalue weighted by Gasteiger charge is 2.21. The van der Waals surface area contributed by atoms with Gasteiger partial charge in [0, 0.05) is 17.4 Å². The Balaban J connectivity index is 2.25. The number of carboxylic acids is 1. The molecule has 25 heavy (non-hydrogen) atoms. The number of hydrogen-bond acceptors (Lipinski definition) is 4. The minimum atomic E-state index is -2.56. The number of anilines is 1. The maximum Gasteiger partial charge on any atom is 0.339 e. The molecule has 0 saturated heterocycles. The molecule has 2 rings (SSSR count). The zero-order valence-corrected chi connectivity index (χ0v) is 13.8. The van der Waals surface area contributed by atoms with Gasteiger partial charge in [-0.1, -0.05) is 6.92 Å². The molecule has 2 aromatic rings. The van der Waals surface area contributed by atoms with Crippen LogP contribution in [0.15, 0.2) is 33.6 Å². The highest BCUT2D eigenvalue weighted by Crippen LogP contribution is 2.30. The molecule has 0 radical (unpaired) electrons. The first kappa shape index (κ1) is 18.9. The van der Waals surface area contributed by atoms with Crippen LogP contribution in [0, 0.1) is 5.82 Å². The summed E-state index contributed by atoms with van der Waals surface area (Å²) in [6, 6.07) is 4.43. The third-order valence-corrected chi connectivity index (χ3v) is 4.22. The van der Waals surface area contributed by atoms with Crippen molar-refractivity contribution in [2.75, 3.05) is 11.1 Å². The summed E-state index contributed by atoms with van der Waals surface area (Å²) in [5, 5.41) is 11.4. The van der Waals surface area contributed by atoms with Crippen molar-refractivity contribution in [1.82, 2.24) is 0 Å². The third kappa shape index (κ3) is 4.79. The molecule has 1 aromatic carbocycles. The lowest BCUT2D eigenvalue weighted by atomic mass is 10.2. The number of furan rings is 1. The molecular formula is C16H14F3NO4S. The van der Waals surface area contributed by atoms with Crippen molar-refractivity contribution in [3.8, 4) is 0 Å². The molecule has 0 fully saturated rings.